The van der Waals surface area contributed by atoms with Crippen LogP contribution in [0.4, 0.5) is 10.1 Å². The average molecular weight is 411 g/mol. The van der Waals surface area contributed by atoms with Crippen LogP contribution in [0.2, 0.25) is 0 Å². The monoisotopic (exact) mass is 411 g/mol. The summed E-state index contributed by atoms with van der Waals surface area (Å²) < 4.78 is 15.1. The minimum absolute atomic E-state index is 0.135. The van der Waals surface area contributed by atoms with E-state index in [1.807, 2.05) is 5.38 Å². The summed E-state index contributed by atoms with van der Waals surface area (Å²) in [5, 5.41) is 19.9. The number of fused-ring (bicyclic) bond motifs is 1. The van der Waals surface area contributed by atoms with Crippen molar-refractivity contribution in [3.05, 3.63) is 81.1 Å². The van der Waals surface area contributed by atoms with Gasteiger partial charge in [0.15, 0.2) is 5.82 Å². The Morgan fingerprint density at radius 1 is 1.24 bits per heavy atom. The average Bonchev–Trinajstić information content (AvgIpc) is 3.30. The molecule has 0 radical (unpaired) electrons. The van der Waals surface area contributed by atoms with E-state index in [0.29, 0.717) is 29.3 Å². The van der Waals surface area contributed by atoms with Gasteiger partial charge in [0, 0.05) is 41.6 Å². The topological polar surface area (TPSA) is 102 Å². The quantitative estimate of drug-likeness (QED) is 0.387. The molecule has 0 unspecified atom stereocenters. The van der Waals surface area contributed by atoms with Crippen LogP contribution >= 0.6 is 11.3 Å². The third-order valence-electron chi connectivity index (χ3n) is 4.22. The van der Waals surface area contributed by atoms with Crippen molar-refractivity contribution < 1.29 is 14.1 Å². The molecule has 0 fully saturated rings. The number of rotatable bonds is 6. The SMILES string of the molecule is O=C(NCCc1csc2nc(-c3cccc(F)c3)nn12)c1cccc([N+](=O)[O-])c1. The van der Waals surface area contributed by atoms with Crippen LogP contribution in [0.25, 0.3) is 16.3 Å². The van der Waals surface area contributed by atoms with Crippen LogP contribution in [0, 0.1) is 15.9 Å². The maximum absolute atomic E-state index is 13.4. The van der Waals surface area contributed by atoms with Crippen molar-refractivity contribution in [1.29, 1.82) is 0 Å². The van der Waals surface area contributed by atoms with Crippen molar-refractivity contribution in [3.63, 3.8) is 0 Å². The lowest BCUT2D eigenvalue weighted by atomic mass is 10.2. The first-order valence-corrected chi connectivity index (χ1v) is 9.51. The Labute approximate surface area is 167 Å². The molecule has 4 aromatic rings. The minimum Gasteiger partial charge on any atom is -0.352 e. The van der Waals surface area contributed by atoms with E-state index in [9.17, 15) is 19.3 Å². The zero-order valence-electron chi connectivity index (χ0n) is 14.9. The van der Waals surface area contributed by atoms with E-state index in [0.717, 1.165) is 5.69 Å². The highest BCUT2D eigenvalue weighted by atomic mass is 32.1. The first-order valence-electron chi connectivity index (χ1n) is 8.63. The molecule has 0 saturated carbocycles. The van der Waals surface area contributed by atoms with Crippen LogP contribution in [-0.4, -0.2) is 32.0 Å². The molecule has 2 aromatic carbocycles. The van der Waals surface area contributed by atoms with Crippen molar-refractivity contribution in [1.82, 2.24) is 19.9 Å². The number of hydrogen-bond acceptors (Lipinski definition) is 6. The number of nitrogens with zero attached hydrogens (tertiary/aromatic N) is 4. The van der Waals surface area contributed by atoms with E-state index >= 15 is 0 Å². The molecule has 0 bridgehead atoms. The van der Waals surface area contributed by atoms with E-state index < -0.39 is 4.92 Å². The molecule has 8 nitrogen and oxygen atoms in total. The number of carbonyl (C=O) groups excluding carboxylic acids is 1. The van der Waals surface area contributed by atoms with Gasteiger partial charge in [-0.15, -0.1) is 16.4 Å². The van der Waals surface area contributed by atoms with Gasteiger partial charge in [0.25, 0.3) is 11.6 Å². The first-order chi connectivity index (χ1) is 14.0. The van der Waals surface area contributed by atoms with Crippen LogP contribution in [0.5, 0.6) is 0 Å². The van der Waals surface area contributed by atoms with Crippen molar-refractivity contribution in [2.45, 2.75) is 6.42 Å². The molecule has 0 aliphatic heterocycles. The van der Waals surface area contributed by atoms with Gasteiger partial charge in [-0.2, -0.15) is 4.98 Å². The molecule has 10 heteroatoms. The lowest BCUT2D eigenvalue weighted by Gasteiger charge is -2.04. The van der Waals surface area contributed by atoms with Crippen molar-refractivity contribution >= 4 is 27.9 Å². The number of nitro benzene ring substituents is 1. The molecule has 1 amide bonds. The van der Waals surface area contributed by atoms with Crippen molar-refractivity contribution in [3.8, 4) is 11.4 Å². The smallest absolute Gasteiger partial charge is 0.270 e. The highest BCUT2D eigenvalue weighted by Crippen LogP contribution is 2.21. The number of nitrogens with one attached hydrogen (secondary N) is 1. The molecule has 2 heterocycles. The number of thiazole rings is 1. The van der Waals surface area contributed by atoms with E-state index in [4.69, 9.17) is 0 Å². The van der Waals surface area contributed by atoms with Gasteiger partial charge >= 0.3 is 0 Å². The Bertz CT molecular complexity index is 1220. The highest BCUT2D eigenvalue weighted by molar-refractivity contribution is 7.15. The second kappa shape index (κ2) is 7.76. The molecule has 146 valence electrons. The molecule has 0 aliphatic rings. The Morgan fingerprint density at radius 3 is 2.86 bits per heavy atom. The minimum atomic E-state index is -0.542. The van der Waals surface area contributed by atoms with Crippen molar-refractivity contribution in [2.75, 3.05) is 6.54 Å². The summed E-state index contributed by atoms with van der Waals surface area (Å²) in [5.41, 5.74) is 1.53. The molecule has 0 saturated heterocycles. The third-order valence-corrected chi connectivity index (χ3v) is 5.08. The molecule has 1 N–H and O–H groups in total. The second-order valence-electron chi connectivity index (χ2n) is 6.18. The predicted octanol–water partition coefficient (Wildman–Crippen LogP) is 3.48. The van der Waals surface area contributed by atoms with E-state index in [1.54, 1.807) is 16.6 Å². The van der Waals surface area contributed by atoms with Gasteiger partial charge in [-0.25, -0.2) is 8.91 Å². The van der Waals surface area contributed by atoms with Crippen LogP contribution in [0.15, 0.2) is 53.9 Å². The van der Waals surface area contributed by atoms with Gasteiger partial charge in [-0.05, 0) is 18.2 Å². The van der Waals surface area contributed by atoms with Gasteiger partial charge < -0.3 is 5.32 Å². The van der Waals surface area contributed by atoms with Crippen LogP contribution in [-0.2, 0) is 6.42 Å². The summed E-state index contributed by atoms with van der Waals surface area (Å²) in [6.07, 6.45) is 0.493. The maximum atomic E-state index is 13.4. The fourth-order valence-electron chi connectivity index (χ4n) is 2.81. The summed E-state index contributed by atoms with van der Waals surface area (Å²) in [5.74, 6) is -0.317. The van der Waals surface area contributed by atoms with Crippen LogP contribution in [0.3, 0.4) is 0 Å². The number of carbonyl (C=O) groups is 1. The third kappa shape index (κ3) is 3.97. The summed E-state index contributed by atoms with van der Waals surface area (Å²) >= 11 is 1.40. The number of halogens is 1. The summed E-state index contributed by atoms with van der Waals surface area (Å²) in [6.45, 7) is 0.322. The highest BCUT2D eigenvalue weighted by Gasteiger charge is 2.14. The Morgan fingerprint density at radius 2 is 2.07 bits per heavy atom. The molecular formula is C19H14FN5O3S. The number of amides is 1. The van der Waals surface area contributed by atoms with E-state index in [2.05, 4.69) is 15.4 Å². The zero-order valence-corrected chi connectivity index (χ0v) is 15.7. The van der Waals surface area contributed by atoms with Crippen molar-refractivity contribution in [2.24, 2.45) is 0 Å². The lowest BCUT2D eigenvalue weighted by molar-refractivity contribution is -0.384. The number of hydrogen-bond donors (Lipinski definition) is 1. The normalized spacial score (nSPS) is 10.9. The van der Waals surface area contributed by atoms with Gasteiger partial charge in [-0.1, -0.05) is 18.2 Å². The number of nitro groups is 1. The summed E-state index contributed by atoms with van der Waals surface area (Å²) in [4.78, 5) is 27.6. The molecule has 4 rings (SSSR count). The predicted molar refractivity (Wildman–Crippen MR) is 105 cm³/mol. The molecule has 0 spiro atoms. The Hall–Kier alpha value is -3.66. The molecule has 2 aromatic heterocycles. The maximum Gasteiger partial charge on any atom is 0.270 e. The fraction of sp³-hybridized carbons (Fsp3) is 0.105. The Balaban J connectivity index is 1.44. The van der Waals surface area contributed by atoms with Gasteiger partial charge in [-0.3, -0.25) is 14.9 Å². The number of aromatic nitrogens is 3. The van der Waals surface area contributed by atoms with Crippen LogP contribution in [0.1, 0.15) is 16.1 Å². The van der Waals surface area contributed by atoms with Gasteiger partial charge in [0.2, 0.25) is 4.96 Å². The molecule has 29 heavy (non-hydrogen) atoms. The van der Waals surface area contributed by atoms with E-state index in [-0.39, 0.29) is 23.0 Å². The first kappa shape index (κ1) is 18.7. The zero-order chi connectivity index (χ0) is 20.4. The number of non-ortho nitro benzene ring substituents is 1. The second-order valence-corrected chi connectivity index (χ2v) is 7.02. The fourth-order valence-corrected chi connectivity index (χ4v) is 3.67. The lowest BCUT2D eigenvalue weighted by Crippen LogP contribution is -2.26. The largest absolute Gasteiger partial charge is 0.352 e. The van der Waals surface area contributed by atoms with Gasteiger partial charge in [0.1, 0.15) is 5.82 Å². The molecule has 0 atom stereocenters. The summed E-state index contributed by atoms with van der Waals surface area (Å²) in [7, 11) is 0. The number of benzene rings is 2. The van der Waals surface area contributed by atoms with Crippen LogP contribution < -0.4 is 5.32 Å². The van der Waals surface area contributed by atoms with Gasteiger partial charge in [0.05, 0.1) is 10.6 Å². The summed E-state index contributed by atoms with van der Waals surface area (Å²) in [6, 6.07) is 11.6. The Kier molecular flexibility index (Phi) is 5.00. The van der Waals surface area contributed by atoms with E-state index in [1.165, 1.54) is 47.7 Å². The standard InChI is InChI=1S/C19H14FN5O3S/c20-14-5-1-3-12(9-14)17-22-19-24(23-17)16(11-29-19)7-8-21-18(26)13-4-2-6-15(10-13)25(27)28/h1-6,9-11H,7-8H2,(H,21,26). The molecular weight excluding hydrogens is 397 g/mol. The molecule has 0 aliphatic carbocycles.